The van der Waals surface area contributed by atoms with Gasteiger partial charge in [0, 0.05) is 17.5 Å². The lowest BCUT2D eigenvalue weighted by Crippen LogP contribution is -2.07. The quantitative estimate of drug-likeness (QED) is 0.371. The van der Waals surface area contributed by atoms with Crippen LogP contribution < -0.4 is 0 Å². The molecule has 0 unspecified atom stereocenters. The second kappa shape index (κ2) is 5.07. The highest BCUT2D eigenvalue weighted by molar-refractivity contribution is 9.08. The molecule has 0 heterocycles. The molecular formula is C10H10BrNO4. The number of hydrogen-bond donors (Lipinski definition) is 0. The molecule has 0 aliphatic rings. The summed E-state index contributed by atoms with van der Waals surface area (Å²) in [5.41, 5.74) is 1.51. The molecule has 5 nitrogen and oxygen atoms in total. The number of carbonyl (C=O) groups excluding carboxylic acids is 1. The molecule has 0 atom stereocenters. The number of methoxy groups -OCH3 is 1. The van der Waals surface area contributed by atoms with Gasteiger partial charge in [-0.25, -0.2) is 4.79 Å². The molecule has 0 bridgehead atoms. The lowest BCUT2D eigenvalue weighted by atomic mass is 10.0. The first-order valence-electron chi connectivity index (χ1n) is 4.43. The smallest absolute Gasteiger partial charge is 0.338 e. The summed E-state index contributed by atoms with van der Waals surface area (Å²) in [4.78, 5) is 21.6. The van der Waals surface area contributed by atoms with Crippen LogP contribution in [0, 0.1) is 17.0 Å². The first kappa shape index (κ1) is 12.6. The van der Waals surface area contributed by atoms with Crippen LogP contribution in [0.25, 0.3) is 0 Å². The lowest BCUT2D eigenvalue weighted by Gasteiger charge is -2.08. The van der Waals surface area contributed by atoms with Gasteiger partial charge in [0.25, 0.3) is 5.69 Å². The van der Waals surface area contributed by atoms with E-state index in [-0.39, 0.29) is 11.3 Å². The number of benzene rings is 1. The van der Waals surface area contributed by atoms with Gasteiger partial charge in [0.2, 0.25) is 0 Å². The van der Waals surface area contributed by atoms with Gasteiger partial charge in [0.1, 0.15) is 0 Å². The summed E-state index contributed by atoms with van der Waals surface area (Å²) >= 11 is 3.24. The summed E-state index contributed by atoms with van der Waals surface area (Å²) in [7, 11) is 1.24. The zero-order valence-corrected chi connectivity index (χ0v) is 10.4. The fraction of sp³-hybridized carbons (Fsp3) is 0.300. The normalized spacial score (nSPS) is 9.94. The molecule has 0 N–H and O–H groups in total. The SMILES string of the molecule is COC(=O)c1cc([N+](=O)[O-])cc(C)c1CBr. The highest BCUT2D eigenvalue weighted by atomic mass is 79.9. The second-order valence-electron chi connectivity index (χ2n) is 3.17. The van der Waals surface area contributed by atoms with Gasteiger partial charge >= 0.3 is 5.97 Å². The minimum absolute atomic E-state index is 0.109. The lowest BCUT2D eigenvalue weighted by molar-refractivity contribution is -0.384. The zero-order valence-electron chi connectivity index (χ0n) is 8.82. The Kier molecular flexibility index (Phi) is 4.00. The Morgan fingerprint density at radius 2 is 2.19 bits per heavy atom. The van der Waals surface area contributed by atoms with Crippen LogP contribution in [-0.4, -0.2) is 18.0 Å². The molecule has 0 aliphatic carbocycles. The molecule has 0 fully saturated rings. The Bertz CT molecular complexity index is 445. The van der Waals surface area contributed by atoms with Crippen molar-refractivity contribution >= 4 is 27.6 Å². The number of non-ortho nitro benzene ring substituents is 1. The third-order valence-electron chi connectivity index (χ3n) is 2.21. The molecule has 0 amide bonds. The number of carbonyl (C=O) groups is 1. The first-order valence-corrected chi connectivity index (χ1v) is 5.55. The summed E-state index contributed by atoms with van der Waals surface area (Å²) in [6.07, 6.45) is 0. The number of nitro benzene ring substituents is 1. The fourth-order valence-electron chi connectivity index (χ4n) is 1.37. The number of alkyl halides is 1. The number of rotatable bonds is 3. The topological polar surface area (TPSA) is 69.4 Å². The van der Waals surface area contributed by atoms with E-state index >= 15 is 0 Å². The number of halogens is 1. The van der Waals surface area contributed by atoms with Gasteiger partial charge in [-0.2, -0.15) is 0 Å². The summed E-state index contributed by atoms with van der Waals surface area (Å²) in [6, 6.07) is 2.67. The Balaban J connectivity index is 3.42. The van der Waals surface area contributed by atoms with Crippen molar-refractivity contribution in [3.63, 3.8) is 0 Å². The number of aryl methyl sites for hydroxylation is 1. The van der Waals surface area contributed by atoms with E-state index in [0.29, 0.717) is 16.5 Å². The largest absolute Gasteiger partial charge is 0.465 e. The Hall–Kier alpha value is -1.43. The van der Waals surface area contributed by atoms with Gasteiger partial charge in [0.05, 0.1) is 17.6 Å². The molecule has 0 saturated carbocycles. The molecule has 0 spiro atoms. The minimum Gasteiger partial charge on any atom is -0.465 e. The van der Waals surface area contributed by atoms with Crippen molar-refractivity contribution in [3.8, 4) is 0 Å². The van der Waals surface area contributed by atoms with Crippen LogP contribution >= 0.6 is 15.9 Å². The molecule has 1 aromatic carbocycles. The van der Waals surface area contributed by atoms with Gasteiger partial charge in [0.15, 0.2) is 0 Å². The highest BCUT2D eigenvalue weighted by Gasteiger charge is 2.18. The fourth-order valence-corrected chi connectivity index (χ4v) is 2.12. The van der Waals surface area contributed by atoms with Gasteiger partial charge in [-0.3, -0.25) is 10.1 Å². The molecule has 86 valence electrons. The molecule has 0 aromatic heterocycles. The number of esters is 1. The van der Waals surface area contributed by atoms with Crippen LogP contribution in [-0.2, 0) is 10.1 Å². The second-order valence-corrected chi connectivity index (χ2v) is 3.73. The van der Waals surface area contributed by atoms with Gasteiger partial charge < -0.3 is 4.74 Å². The monoisotopic (exact) mass is 287 g/mol. The highest BCUT2D eigenvalue weighted by Crippen LogP contribution is 2.24. The van der Waals surface area contributed by atoms with Crippen LogP contribution in [0.4, 0.5) is 5.69 Å². The van der Waals surface area contributed by atoms with Gasteiger partial charge in [-0.1, -0.05) is 15.9 Å². The van der Waals surface area contributed by atoms with Gasteiger partial charge in [-0.05, 0) is 18.1 Å². The molecular weight excluding hydrogens is 278 g/mol. The Labute approximate surface area is 101 Å². The van der Waals surface area contributed by atoms with E-state index in [2.05, 4.69) is 20.7 Å². The first-order chi connectivity index (χ1) is 7.51. The van der Waals surface area contributed by atoms with E-state index in [1.165, 1.54) is 19.2 Å². The Morgan fingerprint density at radius 3 is 2.62 bits per heavy atom. The molecule has 1 aromatic rings. The maximum Gasteiger partial charge on any atom is 0.338 e. The average molecular weight is 288 g/mol. The van der Waals surface area contributed by atoms with Crippen molar-refractivity contribution in [1.82, 2.24) is 0 Å². The van der Waals surface area contributed by atoms with Crippen molar-refractivity contribution in [2.75, 3.05) is 7.11 Å². The molecule has 0 radical (unpaired) electrons. The standard InChI is InChI=1S/C10H10BrNO4/c1-6-3-7(12(14)15)4-8(9(6)5-11)10(13)16-2/h3-4H,5H2,1-2H3. The summed E-state index contributed by atoms with van der Waals surface area (Å²) < 4.78 is 4.59. The van der Waals surface area contributed by atoms with Crippen molar-refractivity contribution in [1.29, 1.82) is 0 Å². The van der Waals surface area contributed by atoms with Crippen molar-refractivity contribution in [3.05, 3.63) is 38.9 Å². The maximum atomic E-state index is 11.5. The third-order valence-corrected chi connectivity index (χ3v) is 2.77. The van der Waals surface area contributed by atoms with Crippen LogP contribution in [0.15, 0.2) is 12.1 Å². The van der Waals surface area contributed by atoms with E-state index < -0.39 is 10.9 Å². The van der Waals surface area contributed by atoms with Crippen LogP contribution in [0.2, 0.25) is 0 Å². The van der Waals surface area contributed by atoms with E-state index in [4.69, 9.17) is 0 Å². The molecule has 16 heavy (non-hydrogen) atoms. The Morgan fingerprint density at radius 1 is 1.56 bits per heavy atom. The third kappa shape index (κ3) is 2.38. The maximum absolute atomic E-state index is 11.5. The van der Waals surface area contributed by atoms with Crippen molar-refractivity contribution in [2.45, 2.75) is 12.3 Å². The number of hydrogen-bond acceptors (Lipinski definition) is 4. The average Bonchev–Trinajstić information content (AvgIpc) is 2.26. The van der Waals surface area contributed by atoms with E-state index in [0.717, 1.165) is 0 Å². The van der Waals surface area contributed by atoms with Crippen LogP contribution in [0.1, 0.15) is 21.5 Å². The molecule has 0 saturated heterocycles. The van der Waals surface area contributed by atoms with Crippen LogP contribution in [0.3, 0.4) is 0 Å². The number of nitro groups is 1. The number of nitrogens with zero attached hydrogens (tertiary/aromatic N) is 1. The molecule has 1 rings (SSSR count). The minimum atomic E-state index is -0.568. The summed E-state index contributed by atoms with van der Waals surface area (Å²) in [5, 5.41) is 11.1. The predicted octanol–water partition coefficient (Wildman–Crippen LogP) is 2.58. The van der Waals surface area contributed by atoms with E-state index in [1.54, 1.807) is 6.92 Å². The molecule has 0 aliphatic heterocycles. The summed E-state index contributed by atoms with van der Waals surface area (Å²) in [5.74, 6) is -0.568. The predicted molar refractivity (Wildman–Crippen MR) is 61.8 cm³/mol. The van der Waals surface area contributed by atoms with Crippen molar-refractivity contribution in [2.24, 2.45) is 0 Å². The number of ether oxygens (including phenoxy) is 1. The molecule has 6 heteroatoms. The zero-order chi connectivity index (χ0) is 12.3. The van der Waals surface area contributed by atoms with Crippen molar-refractivity contribution < 1.29 is 14.5 Å². The van der Waals surface area contributed by atoms with Crippen LogP contribution in [0.5, 0.6) is 0 Å². The van der Waals surface area contributed by atoms with E-state index in [1.807, 2.05) is 0 Å². The van der Waals surface area contributed by atoms with E-state index in [9.17, 15) is 14.9 Å². The van der Waals surface area contributed by atoms with Gasteiger partial charge in [-0.15, -0.1) is 0 Å². The summed E-state index contributed by atoms with van der Waals surface area (Å²) in [6.45, 7) is 1.72.